The van der Waals surface area contributed by atoms with Gasteiger partial charge >= 0.3 is 5.97 Å². The highest BCUT2D eigenvalue weighted by Crippen LogP contribution is 2.14. The molecule has 0 saturated carbocycles. The smallest absolute Gasteiger partial charge is 0.329 e. The van der Waals surface area contributed by atoms with Crippen molar-refractivity contribution in [3.8, 4) is 0 Å². The summed E-state index contributed by atoms with van der Waals surface area (Å²) < 4.78 is 10.4. The predicted octanol–water partition coefficient (Wildman–Crippen LogP) is 0.505. The molecule has 1 amide bonds. The third-order valence-electron chi connectivity index (χ3n) is 2.90. The third kappa shape index (κ3) is 5.46. The number of nitrogens with zero attached hydrogens (tertiary/aromatic N) is 1. The van der Waals surface area contributed by atoms with E-state index in [4.69, 9.17) is 14.6 Å². The number of piperidine rings is 1. The molecule has 0 unspecified atom stereocenters. The van der Waals surface area contributed by atoms with E-state index < -0.39 is 5.97 Å². The average molecular weight is 259 g/mol. The number of hydrogen-bond donors (Lipinski definition) is 1. The van der Waals surface area contributed by atoms with Crippen molar-refractivity contribution < 1.29 is 24.2 Å². The lowest BCUT2D eigenvalue weighted by molar-refractivity contribution is -0.147. The van der Waals surface area contributed by atoms with Crippen LogP contribution in [0.4, 0.5) is 0 Å². The number of carboxylic acids is 1. The standard InChI is InChI=1S/C12H21NO5/c1-2-17-8-5-11(14)13-6-3-10(4-7-13)18-9-12(15)16/h10H,2-9H2,1H3,(H,15,16). The molecular formula is C12H21NO5. The summed E-state index contributed by atoms with van der Waals surface area (Å²) in [7, 11) is 0. The number of carbonyl (C=O) groups is 2. The van der Waals surface area contributed by atoms with Gasteiger partial charge in [0, 0.05) is 19.7 Å². The summed E-state index contributed by atoms with van der Waals surface area (Å²) in [6.07, 6.45) is 1.77. The Kier molecular flexibility index (Phi) is 6.67. The van der Waals surface area contributed by atoms with Gasteiger partial charge in [0.15, 0.2) is 0 Å². The van der Waals surface area contributed by atoms with Crippen LogP contribution in [0.1, 0.15) is 26.2 Å². The molecule has 18 heavy (non-hydrogen) atoms. The van der Waals surface area contributed by atoms with E-state index in [0.717, 1.165) is 0 Å². The lowest BCUT2D eigenvalue weighted by atomic mass is 10.1. The monoisotopic (exact) mass is 259 g/mol. The fourth-order valence-corrected chi connectivity index (χ4v) is 1.92. The Balaban J connectivity index is 2.17. The first-order valence-electron chi connectivity index (χ1n) is 6.32. The number of aliphatic carboxylic acids is 1. The van der Waals surface area contributed by atoms with E-state index in [1.54, 1.807) is 4.90 Å². The van der Waals surface area contributed by atoms with Gasteiger partial charge in [0.1, 0.15) is 6.61 Å². The van der Waals surface area contributed by atoms with Crippen LogP contribution in [0.5, 0.6) is 0 Å². The van der Waals surface area contributed by atoms with Crippen LogP contribution in [-0.4, -0.2) is 60.9 Å². The summed E-state index contributed by atoms with van der Waals surface area (Å²) in [5, 5.41) is 8.50. The minimum Gasteiger partial charge on any atom is -0.480 e. The van der Waals surface area contributed by atoms with Crippen molar-refractivity contribution in [1.29, 1.82) is 0 Å². The van der Waals surface area contributed by atoms with Crippen LogP contribution >= 0.6 is 0 Å². The van der Waals surface area contributed by atoms with Crippen molar-refractivity contribution in [2.24, 2.45) is 0 Å². The van der Waals surface area contributed by atoms with Crippen molar-refractivity contribution >= 4 is 11.9 Å². The van der Waals surface area contributed by atoms with E-state index >= 15 is 0 Å². The summed E-state index contributed by atoms with van der Waals surface area (Å²) in [4.78, 5) is 23.9. The Morgan fingerprint density at radius 2 is 2.00 bits per heavy atom. The number of carboxylic acid groups (broad SMARTS) is 1. The van der Waals surface area contributed by atoms with Crippen molar-refractivity contribution in [1.82, 2.24) is 4.90 Å². The minimum atomic E-state index is -0.953. The molecule has 0 aliphatic carbocycles. The first-order valence-corrected chi connectivity index (χ1v) is 6.32. The van der Waals surface area contributed by atoms with Crippen LogP contribution in [0.2, 0.25) is 0 Å². The molecule has 1 rings (SSSR count). The van der Waals surface area contributed by atoms with E-state index in [2.05, 4.69) is 0 Å². The Bertz CT molecular complexity index is 274. The first kappa shape index (κ1) is 14.9. The summed E-state index contributed by atoms with van der Waals surface area (Å²) >= 11 is 0. The zero-order chi connectivity index (χ0) is 13.4. The van der Waals surface area contributed by atoms with E-state index in [1.807, 2.05) is 6.92 Å². The highest BCUT2D eigenvalue weighted by Gasteiger charge is 2.23. The lowest BCUT2D eigenvalue weighted by Gasteiger charge is -2.31. The number of rotatable bonds is 7. The molecule has 104 valence electrons. The largest absolute Gasteiger partial charge is 0.480 e. The van der Waals surface area contributed by atoms with Crippen LogP contribution in [0.3, 0.4) is 0 Å². The maximum atomic E-state index is 11.8. The zero-order valence-electron chi connectivity index (χ0n) is 10.8. The fraction of sp³-hybridized carbons (Fsp3) is 0.833. The van der Waals surface area contributed by atoms with Gasteiger partial charge in [-0.15, -0.1) is 0 Å². The third-order valence-corrected chi connectivity index (χ3v) is 2.90. The van der Waals surface area contributed by atoms with Crippen LogP contribution in [0, 0.1) is 0 Å². The van der Waals surface area contributed by atoms with Crippen LogP contribution in [-0.2, 0) is 19.1 Å². The second-order valence-electron chi connectivity index (χ2n) is 4.23. The number of carbonyl (C=O) groups excluding carboxylic acids is 1. The van der Waals surface area contributed by atoms with Crippen LogP contribution < -0.4 is 0 Å². The van der Waals surface area contributed by atoms with Crippen LogP contribution in [0.25, 0.3) is 0 Å². The SMILES string of the molecule is CCOCCC(=O)N1CCC(OCC(=O)O)CC1. The lowest BCUT2D eigenvalue weighted by Crippen LogP contribution is -2.41. The van der Waals surface area contributed by atoms with E-state index in [-0.39, 0.29) is 18.6 Å². The second-order valence-corrected chi connectivity index (χ2v) is 4.23. The van der Waals surface area contributed by atoms with E-state index in [1.165, 1.54) is 0 Å². The van der Waals surface area contributed by atoms with Crippen molar-refractivity contribution in [3.05, 3.63) is 0 Å². The van der Waals surface area contributed by atoms with Gasteiger partial charge in [-0.2, -0.15) is 0 Å². The molecule has 0 aromatic rings. The normalized spacial score (nSPS) is 16.8. The molecule has 0 spiro atoms. The minimum absolute atomic E-state index is 0.0444. The van der Waals surface area contributed by atoms with Gasteiger partial charge in [-0.25, -0.2) is 4.79 Å². The molecule has 1 aliphatic rings. The highest BCUT2D eigenvalue weighted by molar-refractivity contribution is 5.76. The van der Waals surface area contributed by atoms with Gasteiger partial charge in [-0.05, 0) is 19.8 Å². The van der Waals surface area contributed by atoms with Crippen LogP contribution in [0.15, 0.2) is 0 Å². The molecule has 0 radical (unpaired) electrons. The Morgan fingerprint density at radius 1 is 1.33 bits per heavy atom. The van der Waals surface area contributed by atoms with Gasteiger partial charge in [0.2, 0.25) is 5.91 Å². The highest BCUT2D eigenvalue weighted by atomic mass is 16.5. The summed E-state index contributed by atoms with van der Waals surface area (Å²) in [6.45, 7) is 3.99. The maximum Gasteiger partial charge on any atom is 0.329 e. The molecule has 0 aromatic heterocycles. The molecule has 6 nitrogen and oxygen atoms in total. The molecule has 0 aromatic carbocycles. The zero-order valence-corrected chi connectivity index (χ0v) is 10.8. The van der Waals surface area contributed by atoms with Crippen molar-refractivity contribution in [3.63, 3.8) is 0 Å². The molecule has 1 saturated heterocycles. The molecule has 1 aliphatic heterocycles. The molecule has 1 heterocycles. The fourth-order valence-electron chi connectivity index (χ4n) is 1.92. The molecular weight excluding hydrogens is 238 g/mol. The number of ether oxygens (including phenoxy) is 2. The van der Waals surface area contributed by atoms with Gasteiger partial charge in [0.25, 0.3) is 0 Å². The Hall–Kier alpha value is -1.14. The summed E-state index contributed by atoms with van der Waals surface area (Å²) in [5.74, 6) is -0.856. The van der Waals surface area contributed by atoms with Gasteiger partial charge in [-0.1, -0.05) is 0 Å². The van der Waals surface area contributed by atoms with Gasteiger partial charge < -0.3 is 19.5 Å². The van der Waals surface area contributed by atoms with Gasteiger partial charge in [0.05, 0.1) is 19.1 Å². The van der Waals surface area contributed by atoms with Crippen molar-refractivity contribution in [2.75, 3.05) is 32.9 Å². The number of likely N-dealkylation sites (tertiary alicyclic amines) is 1. The number of hydrogen-bond acceptors (Lipinski definition) is 4. The molecule has 1 fully saturated rings. The van der Waals surface area contributed by atoms with E-state index in [9.17, 15) is 9.59 Å². The molecule has 0 bridgehead atoms. The maximum absolute atomic E-state index is 11.8. The average Bonchev–Trinajstić information content (AvgIpc) is 2.37. The first-order chi connectivity index (χ1) is 8.63. The summed E-state index contributed by atoms with van der Waals surface area (Å²) in [6, 6.07) is 0. The van der Waals surface area contributed by atoms with E-state index in [0.29, 0.717) is 45.6 Å². The quantitative estimate of drug-likeness (QED) is 0.674. The molecule has 6 heteroatoms. The molecule has 1 N–H and O–H groups in total. The predicted molar refractivity (Wildman–Crippen MR) is 64.3 cm³/mol. The summed E-state index contributed by atoms with van der Waals surface area (Å²) in [5.41, 5.74) is 0. The Morgan fingerprint density at radius 3 is 2.56 bits per heavy atom. The van der Waals surface area contributed by atoms with Crippen molar-refractivity contribution in [2.45, 2.75) is 32.3 Å². The Labute approximate surface area is 107 Å². The van der Waals surface area contributed by atoms with Gasteiger partial charge in [-0.3, -0.25) is 4.79 Å². The topological polar surface area (TPSA) is 76.1 Å². The number of amides is 1. The molecule has 0 atom stereocenters. The second kappa shape index (κ2) is 8.05.